The van der Waals surface area contributed by atoms with Crippen LogP contribution in [0, 0.1) is 13.8 Å². The molecule has 1 aliphatic rings. The van der Waals surface area contributed by atoms with E-state index in [1.165, 1.54) is 16.0 Å². The van der Waals surface area contributed by atoms with Crippen LogP contribution in [0.1, 0.15) is 34.3 Å². The van der Waals surface area contributed by atoms with Gasteiger partial charge in [0.05, 0.1) is 11.4 Å². The standard InChI is InChI=1S/C22H27N5OS/c1-4-17-12-19(16-6-5-14(2)15(3)11-16)25-27(17)13-21(28)26-9-7-18-20(8-10-26)29-22(23)24-18/h5-6,11-12H,4,7-10,13H2,1-3H3,(H2,23,24). The van der Waals surface area contributed by atoms with E-state index >= 15 is 0 Å². The molecule has 29 heavy (non-hydrogen) atoms. The van der Waals surface area contributed by atoms with Crippen molar-refractivity contribution < 1.29 is 4.79 Å². The lowest BCUT2D eigenvalue weighted by molar-refractivity contribution is -0.132. The van der Waals surface area contributed by atoms with Gasteiger partial charge in [0.15, 0.2) is 5.13 Å². The first-order valence-corrected chi connectivity index (χ1v) is 10.9. The Morgan fingerprint density at radius 2 is 1.97 bits per heavy atom. The summed E-state index contributed by atoms with van der Waals surface area (Å²) in [6, 6.07) is 8.48. The van der Waals surface area contributed by atoms with Crippen molar-refractivity contribution in [1.29, 1.82) is 0 Å². The summed E-state index contributed by atoms with van der Waals surface area (Å²) in [6.07, 6.45) is 2.43. The number of rotatable bonds is 4. The van der Waals surface area contributed by atoms with Gasteiger partial charge in [-0.1, -0.05) is 19.1 Å². The summed E-state index contributed by atoms with van der Waals surface area (Å²) in [7, 11) is 0. The van der Waals surface area contributed by atoms with Crippen LogP contribution in [0.25, 0.3) is 11.3 Å². The zero-order valence-corrected chi connectivity index (χ0v) is 18.1. The van der Waals surface area contributed by atoms with Gasteiger partial charge in [0.25, 0.3) is 0 Å². The van der Waals surface area contributed by atoms with E-state index in [0.717, 1.165) is 41.9 Å². The molecule has 0 atom stereocenters. The van der Waals surface area contributed by atoms with Gasteiger partial charge in [0, 0.05) is 42.1 Å². The highest BCUT2D eigenvalue weighted by Gasteiger charge is 2.22. The van der Waals surface area contributed by atoms with Crippen LogP contribution in [0.3, 0.4) is 0 Å². The maximum Gasteiger partial charge on any atom is 0.244 e. The summed E-state index contributed by atoms with van der Waals surface area (Å²) in [6.45, 7) is 7.99. The average Bonchev–Trinajstić information content (AvgIpc) is 3.20. The van der Waals surface area contributed by atoms with Gasteiger partial charge in [0.2, 0.25) is 5.91 Å². The van der Waals surface area contributed by atoms with Crippen molar-refractivity contribution >= 4 is 22.4 Å². The normalized spacial score (nSPS) is 14.0. The number of carbonyl (C=O) groups excluding carboxylic acids is 1. The summed E-state index contributed by atoms with van der Waals surface area (Å²) in [5.74, 6) is 0.109. The number of aromatic nitrogens is 3. The van der Waals surface area contributed by atoms with Crippen LogP contribution in [0.4, 0.5) is 5.13 Å². The fourth-order valence-electron chi connectivity index (χ4n) is 3.78. The van der Waals surface area contributed by atoms with Gasteiger partial charge in [0.1, 0.15) is 6.54 Å². The number of nitrogens with two attached hydrogens (primary N) is 1. The number of aryl methyl sites for hydroxylation is 3. The van der Waals surface area contributed by atoms with Crippen molar-refractivity contribution in [3.63, 3.8) is 0 Å². The molecule has 0 aliphatic carbocycles. The number of anilines is 1. The average molecular weight is 410 g/mol. The molecule has 3 aromatic rings. The lowest BCUT2D eigenvalue weighted by Gasteiger charge is -2.20. The van der Waals surface area contributed by atoms with E-state index in [4.69, 9.17) is 10.8 Å². The lowest BCUT2D eigenvalue weighted by Crippen LogP contribution is -2.36. The predicted octanol–water partition coefficient (Wildman–Crippen LogP) is 3.40. The quantitative estimate of drug-likeness (QED) is 0.716. The number of fused-ring (bicyclic) bond motifs is 1. The summed E-state index contributed by atoms with van der Waals surface area (Å²) in [5, 5.41) is 5.39. The monoisotopic (exact) mass is 409 g/mol. The number of benzene rings is 1. The van der Waals surface area contributed by atoms with Crippen molar-refractivity contribution in [2.45, 2.75) is 46.6 Å². The molecule has 1 aliphatic heterocycles. The molecular weight excluding hydrogens is 382 g/mol. The molecule has 7 heteroatoms. The first kappa shape index (κ1) is 19.6. The number of hydrogen-bond donors (Lipinski definition) is 1. The first-order valence-electron chi connectivity index (χ1n) is 10.1. The molecule has 0 saturated carbocycles. The fraction of sp³-hybridized carbons (Fsp3) is 0.409. The minimum Gasteiger partial charge on any atom is -0.375 e. The molecule has 0 spiro atoms. The van der Waals surface area contributed by atoms with E-state index < -0.39 is 0 Å². The van der Waals surface area contributed by atoms with Gasteiger partial charge >= 0.3 is 0 Å². The van der Waals surface area contributed by atoms with Crippen LogP contribution in [-0.4, -0.2) is 38.7 Å². The van der Waals surface area contributed by atoms with Crippen LogP contribution < -0.4 is 5.73 Å². The van der Waals surface area contributed by atoms with E-state index in [1.807, 2.05) is 9.58 Å². The second kappa shape index (κ2) is 7.99. The first-order chi connectivity index (χ1) is 13.9. The number of amides is 1. The van der Waals surface area contributed by atoms with Gasteiger partial charge in [-0.25, -0.2) is 4.98 Å². The molecule has 0 bridgehead atoms. The minimum atomic E-state index is 0.109. The van der Waals surface area contributed by atoms with E-state index in [1.54, 1.807) is 11.3 Å². The number of carbonyl (C=O) groups is 1. The highest BCUT2D eigenvalue weighted by molar-refractivity contribution is 7.15. The van der Waals surface area contributed by atoms with Crippen LogP contribution in [-0.2, 0) is 30.6 Å². The fourth-order valence-corrected chi connectivity index (χ4v) is 4.65. The summed E-state index contributed by atoms with van der Waals surface area (Å²) in [5.41, 5.74) is 12.5. The number of nitrogens with zero attached hydrogens (tertiary/aromatic N) is 4. The third kappa shape index (κ3) is 4.05. The molecule has 1 amide bonds. The van der Waals surface area contributed by atoms with E-state index in [0.29, 0.717) is 18.2 Å². The topological polar surface area (TPSA) is 77.0 Å². The molecule has 2 aromatic heterocycles. The van der Waals surface area contributed by atoms with Gasteiger partial charge in [-0.2, -0.15) is 5.10 Å². The zero-order valence-electron chi connectivity index (χ0n) is 17.2. The minimum absolute atomic E-state index is 0.109. The largest absolute Gasteiger partial charge is 0.375 e. The predicted molar refractivity (Wildman–Crippen MR) is 117 cm³/mol. The molecule has 1 aromatic carbocycles. The van der Waals surface area contributed by atoms with Gasteiger partial charge < -0.3 is 10.6 Å². The SMILES string of the molecule is CCc1cc(-c2ccc(C)c(C)c2)nn1CC(=O)N1CCc2nc(N)sc2CC1. The third-order valence-electron chi connectivity index (χ3n) is 5.69. The molecule has 2 N–H and O–H groups in total. The molecule has 3 heterocycles. The maximum absolute atomic E-state index is 13.0. The summed E-state index contributed by atoms with van der Waals surface area (Å²) in [4.78, 5) is 20.5. The second-order valence-corrected chi connectivity index (χ2v) is 8.75. The van der Waals surface area contributed by atoms with Crippen molar-refractivity contribution in [1.82, 2.24) is 19.7 Å². The van der Waals surface area contributed by atoms with Gasteiger partial charge in [-0.3, -0.25) is 9.48 Å². The van der Waals surface area contributed by atoms with Crippen LogP contribution in [0.2, 0.25) is 0 Å². The van der Waals surface area contributed by atoms with E-state index in [2.05, 4.69) is 50.0 Å². The second-order valence-electron chi connectivity index (χ2n) is 7.63. The van der Waals surface area contributed by atoms with Crippen LogP contribution >= 0.6 is 11.3 Å². The van der Waals surface area contributed by atoms with Crippen molar-refractivity contribution in [2.75, 3.05) is 18.8 Å². The van der Waals surface area contributed by atoms with Crippen LogP contribution in [0.5, 0.6) is 0 Å². The van der Waals surface area contributed by atoms with Gasteiger partial charge in [-0.05, 0) is 43.5 Å². The maximum atomic E-state index is 13.0. The Labute approximate surface area is 175 Å². The Morgan fingerprint density at radius 1 is 1.17 bits per heavy atom. The Kier molecular flexibility index (Phi) is 5.41. The molecular formula is C22H27N5OS. The highest BCUT2D eigenvalue weighted by Crippen LogP contribution is 2.25. The summed E-state index contributed by atoms with van der Waals surface area (Å²) < 4.78 is 1.86. The molecule has 0 saturated heterocycles. The smallest absolute Gasteiger partial charge is 0.244 e. The molecule has 152 valence electrons. The molecule has 4 rings (SSSR count). The Hall–Kier alpha value is -2.67. The summed E-state index contributed by atoms with van der Waals surface area (Å²) >= 11 is 1.54. The Balaban J connectivity index is 1.50. The van der Waals surface area contributed by atoms with Crippen molar-refractivity contribution in [3.05, 3.63) is 51.7 Å². The molecule has 0 unspecified atom stereocenters. The highest BCUT2D eigenvalue weighted by atomic mass is 32.1. The van der Waals surface area contributed by atoms with Crippen molar-refractivity contribution in [2.24, 2.45) is 0 Å². The van der Waals surface area contributed by atoms with E-state index in [9.17, 15) is 4.79 Å². The Bertz CT molecular complexity index is 1030. The number of nitrogen functional groups attached to an aromatic ring is 1. The molecule has 0 fully saturated rings. The third-order valence-corrected chi connectivity index (χ3v) is 6.67. The lowest BCUT2D eigenvalue weighted by atomic mass is 10.0. The van der Waals surface area contributed by atoms with Crippen LogP contribution in [0.15, 0.2) is 24.3 Å². The zero-order chi connectivity index (χ0) is 20.5. The number of thiazole rings is 1. The molecule has 0 radical (unpaired) electrons. The number of hydrogen-bond acceptors (Lipinski definition) is 5. The van der Waals surface area contributed by atoms with Crippen molar-refractivity contribution in [3.8, 4) is 11.3 Å². The molecule has 6 nitrogen and oxygen atoms in total. The van der Waals surface area contributed by atoms with E-state index in [-0.39, 0.29) is 12.5 Å². The Morgan fingerprint density at radius 3 is 2.72 bits per heavy atom. The van der Waals surface area contributed by atoms with Gasteiger partial charge in [-0.15, -0.1) is 11.3 Å².